The normalized spacial score (nSPS) is 11.5. The summed E-state index contributed by atoms with van der Waals surface area (Å²) in [7, 11) is 0. The van der Waals surface area contributed by atoms with Crippen molar-refractivity contribution in [3.05, 3.63) is 34.9 Å². The second-order valence-corrected chi connectivity index (χ2v) is 5.13. The zero-order chi connectivity index (χ0) is 16.0. The Hall–Kier alpha value is -2.32. The highest BCUT2D eigenvalue weighted by atomic mass is 16.2. The summed E-state index contributed by atoms with van der Waals surface area (Å²) in [4.78, 5) is 23.7. The Morgan fingerprint density at radius 1 is 1.33 bits per heavy atom. The number of aryl methyl sites for hydroxylation is 1. The van der Waals surface area contributed by atoms with E-state index in [1.165, 1.54) is 0 Å². The highest BCUT2D eigenvalue weighted by Gasteiger charge is 2.22. The number of hydrogen-bond donors (Lipinski definition) is 3. The van der Waals surface area contributed by atoms with Crippen LogP contribution in [0.25, 0.3) is 0 Å². The van der Waals surface area contributed by atoms with E-state index >= 15 is 0 Å². The number of nitrogens with two attached hydrogens (primary N) is 2. The number of amides is 2. The maximum Gasteiger partial charge on any atom is 0.252 e. The first-order valence-electron chi connectivity index (χ1n) is 6.76. The van der Waals surface area contributed by atoms with Gasteiger partial charge in [-0.2, -0.15) is 0 Å². The van der Waals surface area contributed by atoms with E-state index < -0.39 is 11.9 Å². The van der Waals surface area contributed by atoms with Crippen molar-refractivity contribution in [2.45, 2.75) is 26.8 Å². The number of nitrogens with one attached hydrogen (secondary N) is 1. The first-order chi connectivity index (χ1) is 9.86. The molecule has 21 heavy (non-hydrogen) atoms. The molecule has 5 nitrogen and oxygen atoms in total. The van der Waals surface area contributed by atoms with Gasteiger partial charge in [0.05, 0.1) is 6.54 Å². The Morgan fingerprint density at radius 2 is 2.00 bits per heavy atom. The van der Waals surface area contributed by atoms with Crippen LogP contribution in [0.5, 0.6) is 0 Å². The van der Waals surface area contributed by atoms with Gasteiger partial charge in [0.15, 0.2) is 0 Å². The summed E-state index contributed by atoms with van der Waals surface area (Å²) in [5.74, 6) is 4.66. The maximum absolute atomic E-state index is 12.3. The minimum atomic E-state index is -0.698. The van der Waals surface area contributed by atoms with Crippen molar-refractivity contribution in [2.24, 2.45) is 17.4 Å². The third-order valence-corrected chi connectivity index (χ3v) is 3.08. The molecule has 0 aliphatic rings. The molecule has 112 valence electrons. The van der Waals surface area contributed by atoms with Gasteiger partial charge < -0.3 is 16.8 Å². The van der Waals surface area contributed by atoms with Gasteiger partial charge in [0, 0.05) is 11.1 Å². The van der Waals surface area contributed by atoms with Crippen LogP contribution in [0.3, 0.4) is 0 Å². The summed E-state index contributed by atoms with van der Waals surface area (Å²) < 4.78 is 0. The van der Waals surface area contributed by atoms with Crippen LogP contribution in [0.4, 0.5) is 0 Å². The van der Waals surface area contributed by atoms with Gasteiger partial charge in [-0.05, 0) is 30.5 Å². The summed E-state index contributed by atoms with van der Waals surface area (Å²) in [6, 6.07) is 4.62. The monoisotopic (exact) mass is 287 g/mol. The first-order valence-corrected chi connectivity index (χ1v) is 6.76. The van der Waals surface area contributed by atoms with Gasteiger partial charge in [-0.15, -0.1) is 0 Å². The Bertz CT molecular complexity index is 597. The molecular formula is C16H21N3O2. The predicted octanol–water partition coefficient (Wildman–Crippen LogP) is 0.545. The highest BCUT2D eigenvalue weighted by molar-refractivity contribution is 5.98. The van der Waals surface area contributed by atoms with Gasteiger partial charge in [-0.25, -0.2) is 0 Å². The number of rotatable bonds is 4. The molecule has 2 amide bonds. The quantitative estimate of drug-likeness (QED) is 0.705. The number of carbonyl (C=O) groups excluding carboxylic acids is 2. The molecule has 0 aliphatic heterocycles. The Morgan fingerprint density at radius 3 is 2.52 bits per heavy atom. The van der Waals surface area contributed by atoms with E-state index in [-0.39, 0.29) is 18.4 Å². The molecule has 0 aliphatic carbocycles. The van der Waals surface area contributed by atoms with Gasteiger partial charge in [-0.3, -0.25) is 9.59 Å². The molecular weight excluding hydrogens is 266 g/mol. The molecule has 0 fully saturated rings. The molecule has 0 saturated carbocycles. The molecule has 1 unspecified atom stereocenters. The fourth-order valence-electron chi connectivity index (χ4n) is 1.88. The lowest BCUT2D eigenvalue weighted by Crippen LogP contribution is -2.47. The van der Waals surface area contributed by atoms with E-state index in [4.69, 9.17) is 11.5 Å². The van der Waals surface area contributed by atoms with Crippen LogP contribution < -0.4 is 16.8 Å². The van der Waals surface area contributed by atoms with Crippen molar-refractivity contribution < 1.29 is 9.59 Å². The van der Waals surface area contributed by atoms with Crippen molar-refractivity contribution >= 4 is 11.8 Å². The lowest BCUT2D eigenvalue weighted by molar-refractivity contribution is -0.120. The van der Waals surface area contributed by atoms with Crippen LogP contribution >= 0.6 is 0 Å². The van der Waals surface area contributed by atoms with E-state index in [1.807, 2.05) is 32.9 Å². The fraction of sp³-hybridized carbons (Fsp3) is 0.375. The molecule has 1 atom stereocenters. The summed E-state index contributed by atoms with van der Waals surface area (Å²) in [6.45, 7) is 5.73. The van der Waals surface area contributed by atoms with Gasteiger partial charge >= 0.3 is 0 Å². The van der Waals surface area contributed by atoms with E-state index in [0.717, 1.165) is 5.56 Å². The lowest BCUT2D eigenvalue weighted by Gasteiger charge is -2.19. The molecule has 0 radical (unpaired) electrons. The van der Waals surface area contributed by atoms with Crippen molar-refractivity contribution in [1.29, 1.82) is 0 Å². The predicted molar refractivity (Wildman–Crippen MR) is 82.4 cm³/mol. The highest BCUT2D eigenvalue weighted by Crippen LogP contribution is 2.12. The van der Waals surface area contributed by atoms with Crippen LogP contribution in [0.15, 0.2) is 18.2 Å². The molecule has 1 rings (SSSR count). The number of hydrogen-bond acceptors (Lipinski definition) is 3. The number of benzene rings is 1. The summed E-state index contributed by atoms with van der Waals surface area (Å²) in [5.41, 5.74) is 12.6. The number of carbonyl (C=O) groups is 2. The van der Waals surface area contributed by atoms with Crippen molar-refractivity contribution in [2.75, 3.05) is 6.54 Å². The van der Waals surface area contributed by atoms with Crippen LogP contribution in [0, 0.1) is 24.7 Å². The first kappa shape index (κ1) is 16.7. The second-order valence-electron chi connectivity index (χ2n) is 5.13. The molecule has 0 spiro atoms. The van der Waals surface area contributed by atoms with Crippen molar-refractivity contribution in [3.63, 3.8) is 0 Å². The average Bonchev–Trinajstić information content (AvgIpc) is 2.42. The maximum atomic E-state index is 12.3. The molecule has 0 bridgehead atoms. The SMILES string of the molecule is Cc1ccc(C#CCN)cc1C(=O)NC(C(N)=O)C(C)C. The van der Waals surface area contributed by atoms with E-state index in [9.17, 15) is 9.59 Å². The average molecular weight is 287 g/mol. The molecule has 0 aromatic heterocycles. The minimum absolute atomic E-state index is 0.0769. The summed E-state index contributed by atoms with van der Waals surface area (Å²) >= 11 is 0. The second kappa shape index (κ2) is 7.46. The zero-order valence-electron chi connectivity index (χ0n) is 12.6. The largest absolute Gasteiger partial charge is 0.368 e. The fourth-order valence-corrected chi connectivity index (χ4v) is 1.88. The van der Waals surface area contributed by atoms with Crippen LogP contribution in [0.1, 0.15) is 35.3 Å². The topological polar surface area (TPSA) is 98.2 Å². The van der Waals surface area contributed by atoms with Gasteiger partial charge in [0.2, 0.25) is 5.91 Å². The Balaban J connectivity index is 3.03. The van der Waals surface area contributed by atoms with Gasteiger partial charge in [0.1, 0.15) is 6.04 Å². The number of primary amides is 1. The van der Waals surface area contributed by atoms with Gasteiger partial charge in [0.25, 0.3) is 5.91 Å². The Kier molecular flexibility index (Phi) is 5.94. The third-order valence-electron chi connectivity index (χ3n) is 3.08. The van der Waals surface area contributed by atoms with Gasteiger partial charge in [-0.1, -0.05) is 31.8 Å². The van der Waals surface area contributed by atoms with E-state index in [1.54, 1.807) is 6.07 Å². The summed E-state index contributed by atoms with van der Waals surface area (Å²) in [5, 5.41) is 2.67. The molecule has 1 aromatic rings. The molecule has 0 heterocycles. The van der Waals surface area contributed by atoms with Crippen LogP contribution in [0.2, 0.25) is 0 Å². The molecule has 1 aromatic carbocycles. The lowest BCUT2D eigenvalue weighted by atomic mass is 10.0. The smallest absolute Gasteiger partial charge is 0.252 e. The van der Waals surface area contributed by atoms with E-state index in [0.29, 0.717) is 11.1 Å². The minimum Gasteiger partial charge on any atom is -0.368 e. The summed E-state index contributed by atoms with van der Waals surface area (Å²) in [6.07, 6.45) is 0. The van der Waals surface area contributed by atoms with Crippen LogP contribution in [-0.4, -0.2) is 24.4 Å². The molecule has 5 heteroatoms. The van der Waals surface area contributed by atoms with Crippen molar-refractivity contribution in [1.82, 2.24) is 5.32 Å². The third kappa shape index (κ3) is 4.62. The van der Waals surface area contributed by atoms with Crippen molar-refractivity contribution in [3.8, 4) is 11.8 Å². The molecule has 5 N–H and O–H groups in total. The zero-order valence-corrected chi connectivity index (χ0v) is 12.6. The standard InChI is InChI=1S/C16H21N3O2/c1-10(2)14(15(18)20)19-16(21)13-9-12(5-4-8-17)7-6-11(13)3/h6-7,9-10,14H,8,17H2,1-3H3,(H2,18,20)(H,19,21). The molecule has 0 saturated heterocycles. The van der Waals surface area contributed by atoms with E-state index in [2.05, 4.69) is 17.2 Å². The van der Waals surface area contributed by atoms with Crippen LogP contribution in [-0.2, 0) is 4.79 Å². The Labute approximate surface area is 125 Å².